The monoisotopic (exact) mass is 442 g/mol. The van der Waals surface area contributed by atoms with Gasteiger partial charge in [0.25, 0.3) is 0 Å². The largest absolute Gasteiger partial charge is 0.337 e. The molecule has 2 aromatic carbocycles. The Morgan fingerprint density at radius 1 is 1.13 bits per heavy atom. The average molecular weight is 443 g/mol. The van der Waals surface area contributed by atoms with Gasteiger partial charge in [0.15, 0.2) is 0 Å². The number of anilines is 1. The van der Waals surface area contributed by atoms with E-state index < -0.39 is 16.1 Å². The van der Waals surface area contributed by atoms with Crippen LogP contribution in [0.3, 0.4) is 0 Å². The Bertz CT molecular complexity index is 1180. The van der Waals surface area contributed by atoms with E-state index in [1.807, 2.05) is 56.3 Å². The summed E-state index contributed by atoms with van der Waals surface area (Å²) in [6.45, 7) is 5.33. The standard InChI is InChI=1S/C22H26N4O4S/c1-15-11-12-16(2)19(13-15)26(31(5,28)29)17(3)22(27)25(4)14-20-23-21(24-30-20)18-9-7-6-8-10-18/h6-13,17H,14H2,1-5H3/t17-/m1/s1. The van der Waals surface area contributed by atoms with Crippen LogP contribution in [0.1, 0.15) is 23.9 Å². The summed E-state index contributed by atoms with van der Waals surface area (Å²) < 4.78 is 31.6. The molecule has 8 nitrogen and oxygen atoms in total. The number of aromatic nitrogens is 2. The second-order valence-corrected chi connectivity index (χ2v) is 9.46. The van der Waals surface area contributed by atoms with Gasteiger partial charge in [0, 0.05) is 12.6 Å². The first kappa shape index (κ1) is 22.5. The molecular weight excluding hydrogens is 416 g/mol. The summed E-state index contributed by atoms with van der Waals surface area (Å²) in [5, 5.41) is 3.96. The minimum atomic E-state index is -3.71. The van der Waals surface area contributed by atoms with Gasteiger partial charge in [-0.15, -0.1) is 0 Å². The van der Waals surface area contributed by atoms with Crippen molar-refractivity contribution in [2.75, 3.05) is 17.6 Å². The van der Waals surface area contributed by atoms with Crippen molar-refractivity contribution in [1.29, 1.82) is 0 Å². The molecule has 164 valence electrons. The molecule has 3 rings (SSSR count). The summed E-state index contributed by atoms with van der Waals surface area (Å²) in [4.78, 5) is 18.8. The Labute approximate surface area is 182 Å². The van der Waals surface area contributed by atoms with Crippen LogP contribution >= 0.6 is 0 Å². The normalized spacial score (nSPS) is 12.4. The molecular formula is C22H26N4O4S. The zero-order valence-electron chi connectivity index (χ0n) is 18.2. The van der Waals surface area contributed by atoms with Crippen molar-refractivity contribution in [3.05, 3.63) is 65.5 Å². The van der Waals surface area contributed by atoms with Crippen LogP contribution in [-0.4, -0.2) is 48.7 Å². The minimum absolute atomic E-state index is 0.0629. The van der Waals surface area contributed by atoms with Crippen molar-refractivity contribution in [2.45, 2.75) is 33.4 Å². The predicted octanol–water partition coefficient (Wildman–Crippen LogP) is 3.17. The van der Waals surface area contributed by atoms with Crippen LogP contribution in [0.2, 0.25) is 0 Å². The van der Waals surface area contributed by atoms with E-state index in [1.54, 1.807) is 20.0 Å². The molecule has 31 heavy (non-hydrogen) atoms. The summed E-state index contributed by atoms with van der Waals surface area (Å²) in [6, 6.07) is 13.9. The summed E-state index contributed by atoms with van der Waals surface area (Å²) in [5.74, 6) is 0.308. The molecule has 1 aromatic heterocycles. The van der Waals surface area contributed by atoms with Crippen LogP contribution in [0.4, 0.5) is 5.69 Å². The smallest absolute Gasteiger partial charge is 0.246 e. The van der Waals surface area contributed by atoms with Crippen molar-refractivity contribution in [3.8, 4) is 11.4 Å². The van der Waals surface area contributed by atoms with Gasteiger partial charge in [0.05, 0.1) is 18.5 Å². The lowest BCUT2D eigenvalue weighted by molar-refractivity contribution is -0.131. The van der Waals surface area contributed by atoms with Gasteiger partial charge in [-0.05, 0) is 38.0 Å². The Hall–Kier alpha value is -3.20. The molecule has 0 aliphatic heterocycles. The Kier molecular flexibility index (Phi) is 6.45. The van der Waals surface area contributed by atoms with Gasteiger partial charge in [-0.3, -0.25) is 9.10 Å². The van der Waals surface area contributed by atoms with Gasteiger partial charge in [0.1, 0.15) is 6.04 Å². The second kappa shape index (κ2) is 8.89. The fourth-order valence-electron chi connectivity index (χ4n) is 3.35. The molecule has 0 aliphatic rings. The first-order valence-electron chi connectivity index (χ1n) is 9.77. The number of rotatable bonds is 7. The van der Waals surface area contributed by atoms with Gasteiger partial charge in [-0.2, -0.15) is 4.98 Å². The fraction of sp³-hybridized carbons (Fsp3) is 0.318. The predicted molar refractivity (Wildman–Crippen MR) is 119 cm³/mol. The number of amides is 1. The number of carbonyl (C=O) groups is 1. The minimum Gasteiger partial charge on any atom is -0.337 e. The molecule has 0 bridgehead atoms. The molecule has 9 heteroatoms. The zero-order valence-corrected chi connectivity index (χ0v) is 19.0. The number of aryl methyl sites for hydroxylation is 2. The number of hydrogen-bond acceptors (Lipinski definition) is 6. The highest BCUT2D eigenvalue weighted by molar-refractivity contribution is 7.92. The van der Waals surface area contributed by atoms with Crippen molar-refractivity contribution in [2.24, 2.45) is 0 Å². The summed E-state index contributed by atoms with van der Waals surface area (Å²) in [6.07, 6.45) is 1.10. The number of nitrogens with zero attached hydrogens (tertiary/aromatic N) is 4. The van der Waals surface area contributed by atoms with Crippen molar-refractivity contribution >= 4 is 21.6 Å². The lowest BCUT2D eigenvalue weighted by Gasteiger charge is -2.31. The second-order valence-electron chi connectivity index (χ2n) is 7.60. The molecule has 0 fully saturated rings. The van der Waals surface area contributed by atoms with Crippen molar-refractivity contribution < 1.29 is 17.7 Å². The van der Waals surface area contributed by atoms with E-state index in [1.165, 1.54) is 4.90 Å². The zero-order chi connectivity index (χ0) is 22.8. The van der Waals surface area contributed by atoms with E-state index in [9.17, 15) is 13.2 Å². The summed E-state index contributed by atoms with van der Waals surface area (Å²) in [7, 11) is -2.13. The first-order chi connectivity index (χ1) is 14.6. The van der Waals surface area contributed by atoms with E-state index in [0.29, 0.717) is 11.5 Å². The third kappa shape index (κ3) is 5.11. The number of sulfonamides is 1. The van der Waals surface area contributed by atoms with Crippen LogP contribution < -0.4 is 4.31 Å². The van der Waals surface area contributed by atoms with Gasteiger partial charge < -0.3 is 9.42 Å². The molecule has 0 radical (unpaired) electrons. The van der Waals surface area contributed by atoms with Gasteiger partial charge >= 0.3 is 0 Å². The highest BCUT2D eigenvalue weighted by Crippen LogP contribution is 2.27. The maximum atomic E-state index is 13.1. The van der Waals surface area contributed by atoms with Crippen LogP contribution in [0.25, 0.3) is 11.4 Å². The Morgan fingerprint density at radius 2 is 1.81 bits per heavy atom. The molecule has 0 N–H and O–H groups in total. The molecule has 0 spiro atoms. The molecule has 1 atom stereocenters. The van der Waals surface area contributed by atoms with Crippen LogP contribution in [0.15, 0.2) is 53.1 Å². The number of hydrogen-bond donors (Lipinski definition) is 0. The number of likely N-dealkylation sites (N-methyl/N-ethyl adjacent to an activating group) is 1. The van der Waals surface area contributed by atoms with Gasteiger partial charge in [-0.1, -0.05) is 47.6 Å². The molecule has 0 saturated heterocycles. The van der Waals surface area contributed by atoms with E-state index in [4.69, 9.17) is 4.52 Å². The molecule has 0 aliphatic carbocycles. The fourth-order valence-corrected chi connectivity index (χ4v) is 4.57. The van der Waals surface area contributed by atoms with Crippen LogP contribution in [0.5, 0.6) is 0 Å². The van der Waals surface area contributed by atoms with Crippen LogP contribution in [-0.2, 0) is 21.4 Å². The van der Waals surface area contributed by atoms with Crippen molar-refractivity contribution in [1.82, 2.24) is 15.0 Å². The average Bonchev–Trinajstić information content (AvgIpc) is 3.18. The Balaban J connectivity index is 1.81. The van der Waals surface area contributed by atoms with Crippen LogP contribution in [0, 0.1) is 13.8 Å². The molecule has 1 amide bonds. The number of carbonyl (C=O) groups excluding carboxylic acids is 1. The highest BCUT2D eigenvalue weighted by atomic mass is 32.2. The highest BCUT2D eigenvalue weighted by Gasteiger charge is 2.32. The van der Waals surface area contributed by atoms with Crippen molar-refractivity contribution in [3.63, 3.8) is 0 Å². The molecule has 3 aromatic rings. The summed E-state index contributed by atoms with van der Waals surface area (Å²) >= 11 is 0. The lowest BCUT2D eigenvalue weighted by atomic mass is 10.1. The quantitative estimate of drug-likeness (QED) is 0.558. The molecule has 1 heterocycles. The van der Waals surface area contributed by atoms with E-state index in [-0.39, 0.29) is 18.3 Å². The maximum absolute atomic E-state index is 13.1. The summed E-state index contributed by atoms with van der Waals surface area (Å²) in [5.41, 5.74) is 2.96. The first-order valence-corrected chi connectivity index (χ1v) is 11.6. The van der Waals surface area contributed by atoms with Gasteiger partial charge in [-0.25, -0.2) is 8.42 Å². The van der Waals surface area contributed by atoms with E-state index in [2.05, 4.69) is 10.1 Å². The Morgan fingerprint density at radius 3 is 2.45 bits per heavy atom. The lowest BCUT2D eigenvalue weighted by Crippen LogP contribution is -2.48. The van der Waals surface area contributed by atoms with E-state index in [0.717, 1.165) is 27.3 Å². The van der Waals surface area contributed by atoms with E-state index >= 15 is 0 Å². The third-order valence-corrected chi connectivity index (χ3v) is 6.14. The third-order valence-electron chi connectivity index (χ3n) is 4.92. The number of benzene rings is 2. The molecule has 0 unspecified atom stereocenters. The maximum Gasteiger partial charge on any atom is 0.246 e. The SMILES string of the molecule is Cc1ccc(C)c(N([C@H](C)C(=O)N(C)Cc2nc(-c3ccccc3)no2)S(C)(=O)=O)c1. The topological polar surface area (TPSA) is 96.6 Å². The van der Waals surface area contributed by atoms with Gasteiger partial charge in [0.2, 0.25) is 27.6 Å². The molecule has 0 saturated carbocycles.